The zero-order chi connectivity index (χ0) is 28.2. The van der Waals surface area contributed by atoms with E-state index in [1.165, 1.54) is 30.5 Å². The second-order valence-electron chi connectivity index (χ2n) is 9.39. The van der Waals surface area contributed by atoms with E-state index in [-0.39, 0.29) is 23.5 Å². The number of fused-ring (bicyclic) bond motifs is 1. The van der Waals surface area contributed by atoms with Crippen molar-refractivity contribution >= 4 is 23.4 Å². The minimum atomic E-state index is -1.90. The van der Waals surface area contributed by atoms with Gasteiger partial charge in [0.2, 0.25) is 11.3 Å². The summed E-state index contributed by atoms with van der Waals surface area (Å²) in [5.41, 5.74) is 1.56. The Balaban J connectivity index is 1.38. The number of aliphatic hydroxyl groups excluding tert-OH is 1. The lowest BCUT2D eigenvalue weighted by molar-refractivity contribution is -0.620. The maximum absolute atomic E-state index is 13.4. The summed E-state index contributed by atoms with van der Waals surface area (Å²) in [5, 5.41) is 56.9. The number of anilines is 1. The Hall–Kier alpha value is -4.85. The van der Waals surface area contributed by atoms with Crippen molar-refractivity contribution in [1.82, 2.24) is 30.2 Å². The summed E-state index contributed by atoms with van der Waals surface area (Å²) in [5.74, 6) is 0.0847. The van der Waals surface area contributed by atoms with Crippen molar-refractivity contribution in [3.8, 4) is 28.1 Å². The van der Waals surface area contributed by atoms with Gasteiger partial charge in [-0.05, 0) is 52.4 Å². The van der Waals surface area contributed by atoms with E-state index in [2.05, 4.69) is 25.5 Å². The highest BCUT2D eigenvalue weighted by Gasteiger charge is 2.52. The van der Waals surface area contributed by atoms with E-state index in [4.69, 9.17) is 16.7 Å². The number of halogens is 1. The Morgan fingerprint density at radius 1 is 1.23 bits per heavy atom. The molecular formula is C26H21ClN8O5. The average molecular weight is 561 g/mol. The maximum Gasteiger partial charge on any atom is 0.411 e. The van der Waals surface area contributed by atoms with Gasteiger partial charge in [0.15, 0.2) is 6.20 Å². The van der Waals surface area contributed by atoms with Gasteiger partial charge >= 0.3 is 6.09 Å². The highest BCUT2D eigenvalue weighted by atomic mass is 35.5. The number of nitrogens with one attached hydrogen (secondary N) is 1. The molecule has 14 heteroatoms. The third-order valence-corrected chi connectivity index (χ3v) is 7.22. The summed E-state index contributed by atoms with van der Waals surface area (Å²) < 4.78 is 1.96. The normalized spacial score (nSPS) is 18.1. The first-order valence-electron chi connectivity index (χ1n) is 12.0. The van der Waals surface area contributed by atoms with E-state index in [9.17, 15) is 20.2 Å². The van der Waals surface area contributed by atoms with Crippen molar-refractivity contribution in [2.24, 2.45) is 0 Å². The predicted octanol–water partition coefficient (Wildman–Crippen LogP) is 2.79. The molecule has 0 fully saturated rings. The number of carboxylic acid groups (broad SMARTS) is 1. The summed E-state index contributed by atoms with van der Waals surface area (Å²) >= 11 is 6.25. The lowest BCUT2D eigenvalue weighted by atomic mass is 9.98. The number of hydrogen-bond donors (Lipinski definition) is 4. The smallest absolute Gasteiger partial charge is 0.411 e. The molecule has 2 aromatic carbocycles. The van der Waals surface area contributed by atoms with Crippen LogP contribution in [0, 0.1) is 5.21 Å². The van der Waals surface area contributed by atoms with Gasteiger partial charge in [-0.3, -0.25) is 4.90 Å². The molecule has 3 aromatic heterocycles. The molecule has 202 valence electrons. The summed E-state index contributed by atoms with van der Waals surface area (Å²) in [4.78, 5) is 19.7. The predicted molar refractivity (Wildman–Crippen MR) is 142 cm³/mol. The molecule has 0 radical (unpaired) electrons. The number of aliphatic hydroxyl groups is 2. The number of aromatic amines is 1. The number of aromatic nitrogens is 7. The number of amides is 1. The Morgan fingerprint density at radius 2 is 2.00 bits per heavy atom. The monoisotopic (exact) mass is 560 g/mol. The topological polar surface area (TPSA) is 180 Å². The van der Waals surface area contributed by atoms with E-state index in [0.717, 1.165) is 4.90 Å². The molecule has 13 nitrogen and oxygen atoms in total. The van der Waals surface area contributed by atoms with Crippen LogP contribution < -0.4 is 9.63 Å². The second-order valence-corrected chi connectivity index (χ2v) is 9.82. The maximum atomic E-state index is 13.4. The standard InChI is InChI=1S/C26H21ClN8O5/c1-33(25(37)38)17-5-2-14(3-6-17)20-11-28-24(30-20)26(39)10-22(36)19-8-15(12-35(40)23(19)26)18-9-16(27)4-7-21(18)34-13-29-31-32-34/h2-9,11-13,22,36,39H,10H2,1H3,(H,28,30)(H,37,38). The van der Waals surface area contributed by atoms with E-state index in [1.54, 1.807) is 48.5 Å². The first-order valence-corrected chi connectivity index (χ1v) is 12.4. The molecule has 4 N–H and O–H groups in total. The van der Waals surface area contributed by atoms with Crippen LogP contribution in [0.4, 0.5) is 10.5 Å². The van der Waals surface area contributed by atoms with Gasteiger partial charge in [0.25, 0.3) is 0 Å². The van der Waals surface area contributed by atoms with Crippen LogP contribution in [0.3, 0.4) is 0 Å². The number of tetrazole rings is 1. The molecule has 40 heavy (non-hydrogen) atoms. The first kappa shape index (κ1) is 25.4. The number of imidazole rings is 1. The Labute approximate surface area is 231 Å². The fraction of sp³-hybridized carbons (Fsp3) is 0.154. The van der Waals surface area contributed by atoms with E-state index in [1.807, 2.05) is 0 Å². The van der Waals surface area contributed by atoms with Crippen molar-refractivity contribution in [2.45, 2.75) is 18.1 Å². The molecule has 5 aromatic rings. The molecule has 1 amide bonds. The molecular weight excluding hydrogens is 540 g/mol. The van der Waals surface area contributed by atoms with Gasteiger partial charge in [0.1, 0.15) is 12.2 Å². The fourth-order valence-corrected chi connectivity index (χ4v) is 5.15. The van der Waals surface area contributed by atoms with Gasteiger partial charge in [-0.1, -0.05) is 23.7 Å². The van der Waals surface area contributed by atoms with Crippen molar-refractivity contribution < 1.29 is 24.8 Å². The van der Waals surface area contributed by atoms with Crippen LogP contribution in [0.15, 0.2) is 67.3 Å². The summed E-state index contributed by atoms with van der Waals surface area (Å²) in [6, 6.07) is 13.4. The molecule has 6 rings (SSSR count). The molecule has 0 bridgehead atoms. The molecule has 2 atom stereocenters. The molecule has 0 spiro atoms. The molecule has 3 heterocycles. The zero-order valence-corrected chi connectivity index (χ0v) is 21.6. The van der Waals surface area contributed by atoms with Gasteiger partial charge in [-0.25, -0.2) is 9.78 Å². The highest BCUT2D eigenvalue weighted by molar-refractivity contribution is 6.31. The lowest BCUT2D eigenvalue weighted by Gasteiger charge is -2.20. The summed E-state index contributed by atoms with van der Waals surface area (Å²) in [7, 11) is 1.44. The summed E-state index contributed by atoms with van der Waals surface area (Å²) in [6.45, 7) is 0. The molecule has 1 aliphatic carbocycles. The van der Waals surface area contributed by atoms with Crippen LogP contribution in [0.2, 0.25) is 5.02 Å². The second kappa shape index (κ2) is 9.41. The van der Waals surface area contributed by atoms with Crippen LogP contribution in [0.1, 0.15) is 29.6 Å². The Morgan fingerprint density at radius 3 is 2.70 bits per heavy atom. The molecule has 1 aliphatic rings. The SMILES string of the molecule is CN(C(=O)O)c1ccc(-c2cnc(C3(O)CC(O)c4cc(-c5cc(Cl)ccc5-n5cnnn5)c[n+]([O-])c43)[nH]2)cc1. The van der Waals surface area contributed by atoms with Crippen LogP contribution in [0.25, 0.3) is 28.1 Å². The van der Waals surface area contributed by atoms with Crippen molar-refractivity contribution in [3.05, 3.63) is 94.6 Å². The van der Waals surface area contributed by atoms with Gasteiger partial charge < -0.3 is 25.5 Å². The van der Waals surface area contributed by atoms with Crippen molar-refractivity contribution in [2.75, 3.05) is 11.9 Å². The minimum absolute atomic E-state index is 0.0471. The number of hydrogen-bond acceptors (Lipinski definition) is 8. The number of benzene rings is 2. The van der Waals surface area contributed by atoms with E-state index >= 15 is 0 Å². The zero-order valence-electron chi connectivity index (χ0n) is 20.8. The number of carbonyl (C=O) groups is 1. The Kier molecular flexibility index (Phi) is 5.98. The number of rotatable bonds is 5. The van der Waals surface area contributed by atoms with Gasteiger partial charge in [-0.15, -0.1) is 5.10 Å². The molecule has 0 saturated carbocycles. The van der Waals surface area contributed by atoms with Crippen LogP contribution in [-0.4, -0.2) is 58.6 Å². The summed E-state index contributed by atoms with van der Waals surface area (Å²) in [6.07, 6.45) is 1.76. The fourth-order valence-electron chi connectivity index (χ4n) is 4.97. The third-order valence-electron chi connectivity index (χ3n) is 6.99. The number of pyridine rings is 1. The van der Waals surface area contributed by atoms with Crippen LogP contribution >= 0.6 is 11.6 Å². The number of H-pyrrole nitrogens is 1. The average Bonchev–Trinajstić information content (AvgIpc) is 3.69. The number of nitrogens with zero attached hydrogens (tertiary/aromatic N) is 7. The largest absolute Gasteiger partial charge is 0.618 e. The molecule has 2 unspecified atom stereocenters. The van der Waals surface area contributed by atoms with E-state index < -0.39 is 17.8 Å². The van der Waals surface area contributed by atoms with Gasteiger partial charge in [0, 0.05) is 35.3 Å². The van der Waals surface area contributed by atoms with Gasteiger partial charge in [-0.2, -0.15) is 9.41 Å². The lowest BCUT2D eigenvalue weighted by Crippen LogP contribution is -2.42. The minimum Gasteiger partial charge on any atom is -0.618 e. The van der Waals surface area contributed by atoms with Crippen molar-refractivity contribution in [1.29, 1.82) is 0 Å². The Bertz CT molecular complexity index is 1740. The van der Waals surface area contributed by atoms with Crippen LogP contribution in [0.5, 0.6) is 0 Å². The van der Waals surface area contributed by atoms with Gasteiger partial charge in [0.05, 0.1) is 29.2 Å². The highest BCUT2D eigenvalue weighted by Crippen LogP contribution is 2.46. The van der Waals surface area contributed by atoms with E-state index in [0.29, 0.717) is 43.5 Å². The first-order chi connectivity index (χ1) is 19.2. The quantitative estimate of drug-likeness (QED) is 0.185. The molecule has 0 saturated heterocycles. The van der Waals surface area contributed by atoms with Crippen LogP contribution in [-0.2, 0) is 5.60 Å². The third kappa shape index (κ3) is 4.12. The van der Waals surface area contributed by atoms with Crippen molar-refractivity contribution in [3.63, 3.8) is 0 Å². The molecule has 0 aliphatic heterocycles.